The standard InChI is InChI=1S/C20H17N5O2S/c1-3-27-20(26)18-17(22-25-23-18)15-8-4-13(5-9-15)14-6-10-16(11-7-14)19-24-21-12(2)28-19/h4-11H,3H2,1-2H3,(H,22,23,25). The number of aromatic nitrogens is 5. The molecular formula is C20H17N5O2S. The van der Waals surface area contributed by atoms with Gasteiger partial charge in [-0.3, -0.25) is 5.10 Å². The monoisotopic (exact) mass is 391 g/mol. The highest BCUT2D eigenvalue weighted by Gasteiger charge is 2.18. The van der Waals surface area contributed by atoms with Crippen molar-refractivity contribution in [2.75, 3.05) is 6.61 Å². The zero-order valence-electron chi connectivity index (χ0n) is 15.3. The summed E-state index contributed by atoms with van der Waals surface area (Å²) in [5.74, 6) is -0.464. The van der Waals surface area contributed by atoms with Gasteiger partial charge in [0.25, 0.3) is 0 Å². The Kier molecular flexibility index (Phi) is 4.94. The molecule has 0 radical (unpaired) electrons. The summed E-state index contributed by atoms with van der Waals surface area (Å²) in [5.41, 5.74) is 4.72. The van der Waals surface area contributed by atoms with Crippen molar-refractivity contribution in [3.05, 3.63) is 59.2 Å². The number of rotatable bonds is 5. The molecular weight excluding hydrogens is 374 g/mol. The highest BCUT2D eigenvalue weighted by atomic mass is 32.1. The van der Waals surface area contributed by atoms with Gasteiger partial charge < -0.3 is 4.74 Å². The maximum Gasteiger partial charge on any atom is 0.358 e. The van der Waals surface area contributed by atoms with Crippen LogP contribution in [0.5, 0.6) is 0 Å². The Morgan fingerprint density at radius 1 is 0.929 bits per heavy atom. The topological polar surface area (TPSA) is 93.7 Å². The maximum atomic E-state index is 12.0. The summed E-state index contributed by atoms with van der Waals surface area (Å²) in [6.45, 7) is 4.00. The Balaban J connectivity index is 1.57. The molecule has 140 valence electrons. The van der Waals surface area contributed by atoms with Crippen LogP contribution < -0.4 is 0 Å². The molecule has 0 atom stereocenters. The predicted octanol–water partition coefficient (Wildman–Crippen LogP) is 4.14. The molecule has 2 aromatic heterocycles. The first-order valence-electron chi connectivity index (χ1n) is 8.75. The molecule has 4 rings (SSSR count). The zero-order valence-corrected chi connectivity index (χ0v) is 16.2. The SMILES string of the molecule is CCOC(=O)c1[nH]nnc1-c1ccc(-c2ccc(-c3nnc(C)s3)cc2)cc1. The van der Waals surface area contributed by atoms with Crippen molar-refractivity contribution in [2.24, 2.45) is 0 Å². The molecule has 0 spiro atoms. The van der Waals surface area contributed by atoms with Crippen LogP contribution in [0.15, 0.2) is 48.5 Å². The van der Waals surface area contributed by atoms with E-state index in [1.165, 1.54) is 0 Å². The Morgan fingerprint density at radius 3 is 2.11 bits per heavy atom. The van der Waals surface area contributed by atoms with Crippen molar-refractivity contribution in [2.45, 2.75) is 13.8 Å². The third-order valence-electron chi connectivity index (χ3n) is 4.18. The molecule has 1 N–H and O–H groups in total. The number of hydrogen-bond donors (Lipinski definition) is 1. The number of H-pyrrole nitrogens is 1. The number of esters is 1. The molecule has 28 heavy (non-hydrogen) atoms. The molecule has 0 unspecified atom stereocenters. The minimum absolute atomic E-state index is 0.256. The van der Waals surface area contributed by atoms with E-state index in [4.69, 9.17) is 4.74 Å². The second-order valence-electron chi connectivity index (χ2n) is 6.04. The van der Waals surface area contributed by atoms with Gasteiger partial charge >= 0.3 is 5.97 Å². The number of ether oxygens (including phenoxy) is 1. The fraction of sp³-hybridized carbons (Fsp3) is 0.150. The third kappa shape index (κ3) is 3.54. The molecule has 0 aliphatic heterocycles. The van der Waals surface area contributed by atoms with E-state index in [9.17, 15) is 4.79 Å². The number of nitrogens with zero attached hydrogens (tertiary/aromatic N) is 4. The molecule has 7 nitrogen and oxygen atoms in total. The number of aryl methyl sites for hydroxylation is 1. The number of aromatic amines is 1. The highest BCUT2D eigenvalue weighted by molar-refractivity contribution is 7.14. The van der Waals surface area contributed by atoms with Crippen LogP contribution in [0, 0.1) is 6.92 Å². The lowest BCUT2D eigenvalue weighted by Crippen LogP contribution is -2.06. The smallest absolute Gasteiger partial charge is 0.358 e. The van der Waals surface area contributed by atoms with Crippen LogP contribution in [0.4, 0.5) is 0 Å². The maximum absolute atomic E-state index is 12.0. The molecule has 0 amide bonds. The normalized spacial score (nSPS) is 10.8. The van der Waals surface area contributed by atoms with E-state index in [2.05, 4.69) is 37.7 Å². The summed E-state index contributed by atoms with van der Waals surface area (Å²) in [4.78, 5) is 12.0. The Labute approximate surface area is 165 Å². The first-order valence-corrected chi connectivity index (χ1v) is 9.57. The Morgan fingerprint density at radius 2 is 1.54 bits per heavy atom. The van der Waals surface area contributed by atoms with Gasteiger partial charge in [-0.25, -0.2) is 4.79 Å². The van der Waals surface area contributed by atoms with Crippen LogP contribution >= 0.6 is 11.3 Å². The summed E-state index contributed by atoms with van der Waals surface area (Å²) in [5, 5.41) is 20.5. The van der Waals surface area contributed by atoms with Crippen LogP contribution in [-0.4, -0.2) is 38.2 Å². The van der Waals surface area contributed by atoms with Gasteiger partial charge in [0, 0.05) is 11.1 Å². The van der Waals surface area contributed by atoms with Gasteiger partial charge in [0.05, 0.1) is 6.61 Å². The molecule has 2 aromatic carbocycles. The van der Waals surface area contributed by atoms with Crippen molar-refractivity contribution in [3.63, 3.8) is 0 Å². The van der Waals surface area contributed by atoms with Crippen molar-refractivity contribution >= 4 is 17.3 Å². The van der Waals surface area contributed by atoms with E-state index in [0.717, 1.165) is 32.3 Å². The molecule has 8 heteroatoms. The second-order valence-corrected chi connectivity index (χ2v) is 7.22. The van der Waals surface area contributed by atoms with Crippen molar-refractivity contribution in [1.29, 1.82) is 0 Å². The van der Waals surface area contributed by atoms with E-state index in [1.807, 2.05) is 43.3 Å². The van der Waals surface area contributed by atoms with Gasteiger partial charge in [-0.15, -0.1) is 15.3 Å². The zero-order chi connectivity index (χ0) is 19.5. The molecule has 0 saturated heterocycles. The third-order valence-corrected chi connectivity index (χ3v) is 5.07. The lowest BCUT2D eigenvalue weighted by molar-refractivity contribution is 0.0520. The Hall–Kier alpha value is -3.39. The van der Waals surface area contributed by atoms with Gasteiger partial charge in [0.1, 0.15) is 15.7 Å². The van der Waals surface area contributed by atoms with Crippen molar-refractivity contribution in [1.82, 2.24) is 25.6 Å². The van der Waals surface area contributed by atoms with Gasteiger partial charge in [-0.1, -0.05) is 65.1 Å². The first kappa shape index (κ1) is 18.0. The number of hydrogen-bond acceptors (Lipinski definition) is 7. The van der Waals surface area contributed by atoms with E-state index in [0.29, 0.717) is 12.3 Å². The quantitative estimate of drug-likeness (QED) is 0.514. The van der Waals surface area contributed by atoms with Crippen LogP contribution in [0.3, 0.4) is 0 Å². The number of benzene rings is 2. The van der Waals surface area contributed by atoms with E-state index in [-0.39, 0.29) is 5.69 Å². The molecule has 0 saturated carbocycles. The largest absolute Gasteiger partial charge is 0.461 e. The molecule has 0 aliphatic carbocycles. The molecule has 0 aliphatic rings. The average Bonchev–Trinajstić information content (AvgIpc) is 3.38. The van der Waals surface area contributed by atoms with E-state index >= 15 is 0 Å². The minimum atomic E-state index is -0.464. The highest BCUT2D eigenvalue weighted by Crippen LogP contribution is 2.28. The predicted molar refractivity (Wildman–Crippen MR) is 107 cm³/mol. The number of carbonyl (C=O) groups excluding carboxylic acids is 1. The lowest BCUT2D eigenvalue weighted by atomic mass is 10.0. The van der Waals surface area contributed by atoms with Crippen molar-refractivity contribution < 1.29 is 9.53 Å². The number of nitrogens with one attached hydrogen (secondary N) is 1. The first-order chi connectivity index (χ1) is 13.7. The van der Waals surface area contributed by atoms with Crippen LogP contribution in [0.25, 0.3) is 33.0 Å². The fourth-order valence-electron chi connectivity index (χ4n) is 2.81. The molecule has 0 bridgehead atoms. The van der Waals surface area contributed by atoms with Gasteiger partial charge in [0.2, 0.25) is 0 Å². The summed E-state index contributed by atoms with van der Waals surface area (Å²) in [6.07, 6.45) is 0. The minimum Gasteiger partial charge on any atom is -0.461 e. The van der Waals surface area contributed by atoms with E-state index in [1.54, 1.807) is 18.3 Å². The summed E-state index contributed by atoms with van der Waals surface area (Å²) in [7, 11) is 0. The molecule has 4 aromatic rings. The number of carbonyl (C=O) groups is 1. The van der Waals surface area contributed by atoms with Crippen molar-refractivity contribution in [3.8, 4) is 33.0 Å². The fourth-order valence-corrected chi connectivity index (χ4v) is 3.51. The molecule has 0 fully saturated rings. The summed E-state index contributed by atoms with van der Waals surface area (Å²) < 4.78 is 5.03. The van der Waals surface area contributed by atoms with Crippen LogP contribution in [0.1, 0.15) is 22.4 Å². The lowest BCUT2D eigenvalue weighted by Gasteiger charge is -2.05. The summed E-state index contributed by atoms with van der Waals surface area (Å²) >= 11 is 1.57. The van der Waals surface area contributed by atoms with Gasteiger partial charge in [-0.2, -0.15) is 0 Å². The van der Waals surface area contributed by atoms with E-state index < -0.39 is 5.97 Å². The van der Waals surface area contributed by atoms with Gasteiger partial charge in [0.15, 0.2) is 5.69 Å². The van der Waals surface area contributed by atoms with Gasteiger partial charge in [-0.05, 0) is 25.0 Å². The summed E-state index contributed by atoms with van der Waals surface area (Å²) in [6, 6.07) is 16.0. The Bertz CT molecular complexity index is 1100. The second kappa shape index (κ2) is 7.69. The van der Waals surface area contributed by atoms with Crippen LogP contribution in [0.2, 0.25) is 0 Å². The average molecular weight is 391 g/mol. The molecule has 2 heterocycles. The van der Waals surface area contributed by atoms with Crippen LogP contribution in [-0.2, 0) is 4.74 Å².